The van der Waals surface area contributed by atoms with Gasteiger partial charge in [0.2, 0.25) is 5.91 Å². The summed E-state index contributed by atoms with van der Waals surface area (Å²) >= 11 is 4.97. The van der Waals surface area contributed by atoms with Crippen molar-refractivity contribution < 1.29 is 9.90 Å². The number of thiocarbonyl (C=S) groups is 1. The molecule has 0 fully saturated rings. The number of rotatable bonds is 3. The van der Waals surface area contributed by atoms with Crippen LogP contribution < -0.4 is 10.6 Å². The van der Waals surface area contributed by atoms with E-state index in [2.05, 4.69) is 10.6 Å². The maximum absolute atomic E-state index is 11.4. The van der Waals surface area contributed by atoms with Crippen molar-refractivity contribution >= 4 is 28.9 Å². The van der Waals surface area contributed by atoms with E-state index in [1.807, 2.05) is 13.8 Å². The summed E-state index contributed by atoms with van der Waals surface area (Å²) in [4.78, 5) is 11.4. The lowest BCUT2D eigenvalue weighted by Crippen LogP contribution is -2.34. The van der Waals surface area contributed by atoms with Crippen LogP contribution in [0.25, 0.3) is 0 Å². The van der Waals surface area contributed by atoms with Crippen molar-refractivity contribution in [1.82, 2.24) is 5.32 Å². The zero-order valence-corrected chi connectivity index (χ0v) is 10.7. The average Bonchev–Trinajstić information content (AvgIpc) is 2.19. The molecule has 1 aromatic carbocycles. The van der Waals surface area contributed by atoms with Gasteiger partial charge < -0.3 is 15.7 Å². The molecule has 0 radical (unpaired) electrons. The van der Waals surface area contributed by atoms with Crippen LogP contribution in [0.4, 0.5) is 5.69 Å². The molecule has 0 saturated carbocycles. The van der Waals surface area contributed by atoms with E-state index in [1.165, 1.54) is 0 Å². The van der Waals surface area contributed by atoms with Crippen molar-refractivity contribution in [2.24, 2.45) is 5.92 Å². The van der Waals surface area contributed by atoms with Crippen LogP contribution in [0, 0.1) is 5.92 Å². The number of nitrogens with one attached hydrogen (secondary N) is 2. The van der Waals surface area contributed by atoms with Gasteiger partial charge in [-0.25, -0.2) is 0 Å². The molecular weight excluding hydrogens is 236 g/mol. The van der Waals surface area contributed by atoms with Gasteiger partial charge in [0.05, 0.1) is 5.69 Å². The summed E-state index contributed by atoms with van der Waals surface area (Å²) in [6, 6.07) is 6.69. The molecule has 0 spiro atoms. The lowest BCUT2D eigenvalue weighted by Gasteiger charge is -2.11. The number of benzene rings is 1. The second-order valence-corrected chi connectivity index (χ2v) is 4.53. The number of carbonyl (C=O) groups excluding carboxylic acids is 1. The van der Waals surface area contributed by atoms with Crippen LogP contribution in [0.1, 0.15) is 20.3 Å². The smallest absolute Gasteiger partial charge is 0.226 e. The van der Waals surface area contributed by atoms with Gasteiger partial charge in [0, 0.05) is 6.42 Å². The van der Waals surface area contributed by atoms with E-state index >= 15 is 0 Å². The van der Waals surface area contributed by atoms with Crippen LogP contribution in [0.3, 0.4) is 0 Å². The van der Waals surface area contributed by atoms with Crippen molar-refractivity contribution in [2.75, 3.05) is 5.32 Å². The van der Waals surface area contributed by atoms with E-state index in [-0.39, 0.29) is 22.7 Å². The van der Waals surface area contributed by atoms with Crippen molar-refractivity contribution in [3.05, 3.63) is 24.3 Å². The third-order valence-corrected chi connectivity index (χ3v) is 2.20. The monoisotopic (exact) mass is 252 g/mol. The fourth-order valence-electron chi connectivity index (χ4n) is 1.28. The molecule has 0 saturated heterocycles. The molecule has 0 aliphatic heterocycles. The standard InChI is InChI=1S/C12H16N2O2S/c1-8(2)7-11(16)14-12(17)13-9-5-3-4-6-10(9)15/h3-6,8,15H,7H2,1-2H3,(H2,13,14,16,17). The van der Waals surface area contributed by atoms with Crippen LogP contribution in [-0.4, -0.2) is 16.1 Å². The Labute approximate surface area is 106 Å². The number of phenolic OH excluding ortho intramolecular Hbond substituents is 1. The molecule has 3 N–H and O–H groups in total. The number of anilines is 1. The number of hydrogen-bond acceptors (Lipinski definition) is 3. The van der Waals surface area contributed by atoms with Crippen LogP contribution in [0.5, 0.6) is 5.75 Å². The molecule has 0 unspecified atom stereocenters. The molecule has 1 aromatic rings. The predicted octanol–water partition coefficient (Wildman–Crippen LogP) is 2.25. The predicted molar refractivity (Wildman–Crippen MR) is 71.9 cm³/mol. The third-order valence-electron chi connectivity index (χ3n) is 2.00. The molecule has 0 heterocycles. The summed E-state index contributed by atoms with van der Waals surface area (Å²) in [5, 5.41) is 15.0. The summed E-state index contributed by atoms with van der Waals surface area (Å²) in [6.45, 7) is 3.91. The Morgan fingerprint density at radius 2 is 2.06 bits per heavy atom. The van der Waals surface area contributed by atoms with E-state index in [0.717, 1.165) is 0 Å². The Bertz CT molecular complexity index is 419. The van der Waals surface area contributed by atoms with Gasteiger partial charge in [0.15, 0.2) is 5.11 Å². The van der Waals surface area contributed by atoms with Gasteiger partial charge in [-0.1, -0.05) is 26.0 Å². The molecule has 4 nitrogen and oxygen atoms in total. The second-order valence-electron chi connectivity index (χ2n) is 4.12. The van der Waals surface area contributed by atoms with Crippen molar-refractivity contribution in [3.63, 3.8) is 0 Å². The van der Waals surface area contributed by atoms with Crippen LogP contribution in [0.15, 0.2) is 24.3 Å². The third kappa shape index (κ3) is 4.82. The maximum Gasteiger partial charge on any atom is 0.226 e. The zero-order chi connectivity index (χ0) is 12.8. The molecule has 17 heavy (non-hydrogen) atoms. The second kappa shape index (κ2) is 6.20. The highest BCUT2D eigenvalue weighted by Crippen LogP contribution is 2.21. The Hall–Kier alpha value is -1.62. The van der Waals surface area contributed by atoms with Crippen LogP contribution >= 0.6 is 12.2 Å². The summed E-state index contributed by atoms with van der Waals surface area (Å²) < 4.78 is 0. The number of amides is 1. The molecule has 1 rings (SSSR count). The highest BCUT2D eigenvalue weighted by Gasteiger charge is 2.08. The fraction of sp³-hybridized carbons (Fsp3) is 0.333. The molecule has 0 aliphatic carbocycles. The molecule has 0 aliphatic rings. The first-order valence-corrected chi connectivity index (χ1v) is 5.78. The Kier molecular flexibility index (Phi) is 4.90. The Morgan fingerprint density at radius 1 is 1.41 bits per heavy atom. The van der Waals surface area contributed by atoms with Gasteiger partial charge >= 0.3 is 0 Å². The summed E-state index contributed by atoms with van der Waals surface area (Å²) in [5.41, 5.74) is 0.474. The number of hydrogen-bond donors (Lipinski definition) is 3. The lowest BCUT2D eigenvalue weighted by molar-refractivity contribution is -0.120. The van der Waals surface area contributed by atoms with Gasteiger partial charge in [-0.2, -0.15) is 0 Å². The first-order valence-electron chi connectivity index (χ1n) is 5.38. The van der Waals surface area contributed by atoms with E-state index in [4.69, 9.17) is 12.2 Å². The summed E-state index contributed by atoms with van der Waals surface area (Å²) in [6.07, 6.45) is 0.419. The number of carbonyl (C=O) groups is 1. The quantitative estimate of drug-likeness (QED) is 0.570. The molecule has 92 valence electrons. The van der Waals surface area contributed by atoms with E-state index in [9.17, 15) is 9.90 Å². The van der Waals surface area contributed by atoms with E-state index < -0.39 is 0 Å². The van der Waals surface area contributed by atoms with Gasteiger partial charge in [-0.05, 0) is 30.3 Å². The Morgan fingerprint density at radius 3 is 2.65 bits per heavy atom. The first-order chi connectivity index (χ1) is 7.99. The average molecular weight is 252 g/mol. The first kappa shape index (κ1) is 13.4. The minimum Gasteiger partial charge on any atom is -0.506 e. The molecule has 0 atom stereocenters. The number of para-hydroxylation sites is 2. The zero-order valence-electron chi connectivity index (χ0n) is 9.86. The Balaban J connectivity index is 2.51. The largest absolute Gasteiger partial charge is 0.506 e. The van der Waals surface area contributed by atoms with E-state index in [1.54, 1.807) is 24.3 Å². The maximum atomic E-state index is 11.4. The highest BCUT2D eigenvalue weighted by molar-refractivity contribution is 7.80. The molecule has 0 bridgehead atoms. The van der Waals surface area contributed by atoms with Crippen molar-refractivity contribution in [2.45, 2.75) is 20.3 Å². The van der Waals surface area contributed by atoms with E-state index in [0.29, 0.717) is 12.1 Å². The van der Waals surface area contributed by atoms with Gasteiger partial charge in [-0.3, -0.25) is 4.79 Å². The number of phenols is 1. The molecule has 1 amide bonds. The van der Waals surface area contributed by atoms with Gasteiger partial charge in [0.25, 0.3) is 0 Å². The SMILES string of the molecule is CC(C)CC(=O)NC(=S)Nc1ccccc1O. The number of aromatic hydroxyl groups is 1. The lowest BCUT2D eigenvalue weighted by atomic mass is 10.1. The van der Waals surface area contributed by atoms with Crippen LogP contribution in [-0.2, 0) is 4.79 Å². The summed E-state index contributed by atoms with van der Waals surface area (Å²) in [5.74, 6) is 0.240. The van der Waals surface area contributed by atoms with Gasteiger partial charge in [0.1, 0.15) is 5.75 Å². The molecule has 5 heteroatoms. The highest BCUT2D eigenvalue weighted by atomic mass is 32.1. The van der Waals surface area contributed by atoms with Crippen molar-refractivity contribution in [1.29, 1.82) is 0 Å². The minimum atomic E-state index is -0.132. The van der Waals surface area contributed by atoms with Crippen molar-refractivity contribution in [3.8, 4) is 5.75 Å². The molecular formula is C12H16N2O2S. The fourth-order valence-corrected chi connectivity index (χ4v) is 1.51. The topological polar surface area (TPSA) is 61.4 Å². The minimum absolute atomic E-state index is 0.0907. The normalized spacial score (nSPS) is 10.1. The van der Waals surface area contributed by atoms with Crippen LogP contribution in [0.2, 0.25) is 0 Å². The molecule has 0 aromatic heterocycles. The summed E-state index contributed by atoms with van der Waals surface area (Å²) in [7, 11) is 0. The van der Waals surface area contributed by atoms with Gasteiger partial charge in [-0.15, -0.1) is 0 Å².